The predicted octanol–water partition coefficient (Wildman–Crippen LogP) is -0.832. The minimum atomic E-state index is 0. The summed E-state index contributed by atoms with van der Waals surface area (Å²) in [6.07, 6.45) is 0. The first-order valence-corrected chi connectivity index (χ1v) is 0. The molecule has 0 saturated carbocycles. The molecule has 0 unspecified atom stereocenters. The van der Waals surface area contributed by atoms with Crippen molar-refractivity contribution in [2.24, 2.45) is 0 Å². The maximum absolute atomic E-state index is 0. The fourth-order valence-electron chi connectivity index (χ4n) is 0. The fraction of sp³-hybridized carbons (Fsp3) is 0. The summed E-state index contributed by atoms with van der Waals surface area (Å²) in [5, 5.41) is 0. The largest absolute Gasteiger partial charge is 0.412 e. The molecule has 0 heterocycles. The summed E-state index contributed by atoms with van der Waals surface area (Å²) in [6, 6.07) is 0. The summed E-state index contributed by atoms with van der Waals surface area (Å²) in [6.45, 7) is 0. The third kappa shape index (κ3) is 8.84. The number of rotatable bonds is 0. The molecule has 0 aromatic carbocycles. The van der Waals surface area contributed by atoms with Gasteiger partial charge in [-0.3, -0.25) is 0 Å². The summed E-state index contributed by atoms with van der Waals surface area (Å²) >= 11 is 0. The standard InChI is InChI=1S/Hf.H2O.Y.Zr/h;1H2;;. The summed E-state index contributed by atoms with van der Waals surface area (Å²) in [7, 11) is 0. The van der Waals surface area contributed by atoms with Crippen LogP contribution >= 0.6 is 0 Å². The maximum Gasteiger partial charge on any atom is 0 e. The van der Waals surface area contributed by atoms with Gasteiger partial charge in [0, 0.05) is 84.8 Å². The molecular formula is H2HfOYZr. The molecule has 0 atom stereocenters. The molecule has 4 heavy (non-hydrogen) atoms. The van der Waals surface area contributed by atoms with Crippen LogP contribution in [-0.4, -0.2) is 5.48 Å². The van der Waals surface area contributed by atoms with Crippen LogP contribution in [0.3, 0.4) is 0 Å². The molecule has 1 radical (unpaired) electrons. The van der Waals surface area contributed by atoms with Crippen molar-refractivity contribution in [3.05, 3.63) is 0 Å². The molecule has 0 rings (SSSR count). The van der Waals surface area contributed by atoms with Crippen LogP contribution in [0.5, 0.6) is 0 Å². The second-order valence-electron chi connectivity index (χ2n) is 0. The zero-order chi connectivity index (χ0) is 0. The molecule has 4 heteroatoms. The average Bonchev–Trinajstić information content (AvgIpc) is 0. The van der Waals surface area contributed by atoms with E-state index >= 15 is 0 Å². The van der Waals surface area contributed by atoms with Gasteiger partial charge in [0.25, 0.3) is 0 Å². The summed E-state index contributed by atoms with van der Waals surface area (Å²) in [4.78, 5) is 0. The van der Waals surface area contributed by atoms with Crippen LogP contribution in [0.2, 0.25) is 0 Å². The van der Waals surface area contributed by atoms with E-state index in [1.807, 2.05) is 0 Å². The summed E-state index contributed by atoms with van der Waals surface area (Å²) in [5.41, 5.74) is 0. The zero-order valence-electron chi connectivity index (χ0n) is 2.08. The normalized spacial score (nSPS) is 0. The molecule has 0 fully saturated rings. The third-order valence-corrected chi connectivity index (χ3v) is 0. The van der Waals surface area contributed by atoms with Gasteiger partial charge in [0.05, 0.1) is 0 Å². The topological polar surface area (TPSA) is 31.5 Å². The van der Waals surface area contributed by atoms with Gasteiger partial charge in [0.1, 0.15) is 0 Å². The smallest absolute Gasteiger partial charge is 0 e. The van der Waals surface area contributed by atoms with Gasteiger partial charge in [-0.15, -0.1) is 0 Å². The Morgan fingerprint density at radius 2 is 1.00 bits per heavy atom. The Labute approximate surface area is 88.4 Å². The second kappa shape index (κ2) is 17.0. The molecule has 0 aromatic rings. The van der Waals surface area contributed by atoms with Crippen LogP contribution in [0.4, 0.5) is 0 Å². The Bertz CT molecular complexity index is 8.00. The minimum Gasteiger partial charge on any atom is -0.412 e. The predicted molar refractivity (Wildman–Crippen MR) is 3.61 cm³/mol. The first-order chi connectivity index (χ1) is 0. The molecule has 0 saturated heterocycles. The molecule has 0 spiro atoms. The maximum atomic E-state index is 0. The van der Waals surface area contributed by atoms with Crippen LogP contribution in [-0.2, 0) is 84.8 Å². The van der Waals surface area contributed by atoms with E-state index in [2.05, 4.69) is 0 Å². The molecule has 0 aliphatic rings. The molecular weight excluding hydrogens is 375 g/mol. The molecule has 0 bridgehead atoms. The minimum absolute atomic E-state index is 0. The average molecular weight is 377 g/mol. The molecule has 19 valence electrons. The van der Waals surface area contributed by atoms with E-state index < -0.39 is 0 Å². The molecule has 0 aliphatic carbocycles. The molecule has 0 aliphatic heterocycles. The number of hydrogen-bond acceptors (Lipinski definition) is 0. The molecule has 0 aromatic heterocycles. The van der Waals surface area contributed by atoms with Crippen LogP contribution in [0, 0.1) is 0 Å². The summed E-state index contributed by atoms with van der Waals surface area (Å²) < 4.78 is 0. The quantitative estimate of drug-likeness (QED) is 0.494. The van der Waals surface area contributed by atoms with Crippen LogP contribution in [0.15, 0.2) is 0 Å². The zero-order valence-corrected chi connectivity index (χ0v) is 11.0. The van der Waals surface area contributed by atoms with Crippen molar-refractivity contribution in [3.63, 3.8) is 0 Å². The van der Waals surface area contributed by atoms with E-state index in [9.17, 15) is 0 Å². The van der Waals surface area contributed by atoms with Crippen molar-refractivity contribution < 1.29 is 90.2 Å². The van der Waals surface area contributed by atoms with E-state index in [0.29, 0.717) is 0 Å². The van der Waals surface area contributed by atoms with Gasteiger partial charge >= 0.3 is 0 Å². The Kier molecular flexibility index (Phi) is 124. The van der Waals surface area contributed by atoms with Gasteiger partial charge in [-0.1, -0.05) is 0 Å². The van der Waals surface area contributed by atoms with E-state index in [4.69, 9.17) is 0 Å². The molecule has 2 N–H and O–H groups in total. The van der Waals surface area contributed by atoms with Crippen molar-refractivity contribution in [3.8, 4) is 0 Å². The van der Waals surface area contributed by atoms with E-state index in [-0.39, 0.29) is 90.2 Å². The SMILES string of the molecule is O.[Hf].[Y].[Zr]. The monoisotopic (exact) mass is 377 g/mol. The van der Waals surface area contributed by atoms with Gasteiger partial charge < -0.3 is 5.48 Å². The van der Waals surface area contributed by atoms with Crippen LogP contribution < -0.4 is 0 Å². The Balaban J connectivity index is 0. The van der Waals surface area contributed by atoms with Gasteiger partial charge in [-0.25, -0.2) is 0 Å². The number of hydrogen-bond donors (Lipinski definition) is 0. The van der Waals surface area contributed by atoms with Gasteiger partial charge in [-0.2, -0.15) is 0 Å². The Hall–Kier alpha value is 2.82. The first kappa shape index (κ1) is 29.1. The van der Waals surface area contributed by atoms with E-state index in [0.717, 1.165) is 0 Å². The van der Waals surface area contributed by atoms with Crippen molar-refractivity contribution in [2.75, 3.05) is 0 Å². The molecule has 1 nitrogen and oxygen atoms in total. The summed E-state index contributed by atoms with van der Waals surface area (Å²) in [5.74, 6) is 0. The van der Waals surface area contributed by atoms with Crippen molar-refractivity contribution in [2.45, 2.75) is 0 Å². The third-order valence-electron chi connectivity index (χ3n) is 0. The van der Waals surface area contributed by atoms with Crippen LogP contribution in [0.1, 0.15) is 0 Å². The Morgan fingerprint density at radius 1 is 1.00 bits per heavy atom. The fourth-order valence-corrected chi connectivity index (χ4v) is 0. The van der Waals surface area contributed by atoms with Crippen LogP contribution in [0.25, 0.3) is 0 Å². The van der Waals surface area contributed by atoms with Crippen molar-refractivity contribution in [1.82, 2.24) is 0 Å². The van der Waals surface area contributed by atoms with E-state index in [1.54, 1.807) is 0 Å². The van der Waals surface area contributed by atoms with Crippen molar-refractivity contribution >= 4 is 0 Å². The Morgan fingerprint density at radius 3 is 1.00 bits per heavy atom. The van der Waals surface area contributed by atoms with E-state index in [1.165, 1.54) is 0 Å². The second-order valence-corrected chi connectivity index (χ2v) is 0. The first-order valence-electron chi connectivity index (χ1n) is 0. The van der Waals surface area contributed by atoms with Gasteiger partial charge in [-0.05, 0) is 0 Å². The van der Waals surface area contributed by atoms with Gasteiger partial charge in [0.2, 0.25) is 0 Å². The van der Waals surface area contributed by atoms with Crippen molar-refractivity contribution in [1.29, 1.82) is 0 Å². The molecule has 0 amide bonds. The van der Waals surface area contributed by atoms with Gasteiger partial charge in [0.15, 0.2) is 0 Å².